The summed E-state index contributed by atoms with van der Waals surface area (Å²) < 4.78 is 21.6. The molecule has 0 aliphatic heterocycles. The summed E-state index contributed by atoms with van der Waals surface area (Å²) >= 11 is 0. The van der Waals surface area contributed by atoms with Crippen LogP contribution in [0.2, 0.25) is 0 Å². The monoisotopic (exact) mass is 500 g/mol. The molecule has 0 amide bonds. The Morgan fingerprint density at radius 3 is 2.54 bits per heavy atom. The van der Waals surface area contributed by atoms with Crippen LogP contribution in [0.4, 0.5) is 4.39 Å². The number of pyridine rings is 1. The van der Waals surface area contributed by atoms with Crippen molar-refractivity contribution in [3.05, 3.63) is 95.2 Å². The smallest absolute Gasteiger partial charge is 0.231 e. The Bertz CT molecular complexity index is 1400. The van der Waals surface area contributed by atoms with Crippen LogP contribution in [-0.2, 0) is 18.4 Å². The zero-order chi connectivity index (χ0) is 26.0. The van der Waals surface area contributed by atoms with E-state index in [0.717, 1.165) is 46.8 Å². The lowest BCUT2D eigenvalue weighted by Gasteiger charge is -2.22. The molecule has 1 fully saturated rings. The SMILES string of the molecule is CC(C)(O)c1c(Cc2ccccc2)c2cc(OC3CCCC3)ccc2n1C(=O)CCc1cncc(F)c1. The number of halogens is 1. The van der Waals surface area contributed by atoms with Gasteiger partial charge in [0.05, 0.1) is 29.1 Å². The fourth-order valence-electron chi connectivity index (χ4n) is 5.44. The molecular formula is C31H33FN2O3. The zero-order valence-corrected chi connectivity index (χ0v) is 21.4. The summed E-state index contributed by atoms with van der Waals surface area (Å²) in [5.41, 5.74) is 2.70. The van der Waals surface area contributed by atoms with Gasteiger partial charge in [-0.05, 0) is 93.3 Å². The normalized spacial score (nSPS) is 14.4. The van der Waals surface area contributed by atoms with E-state index in [-0.39, 0.29) is 18.4 Å². The number of carbonyl (C=O) groups excluding carboxylic acids is 1. The zero-order valence-electron chi connectivity index (χ0n) is 21.4. The first kappa shape index (κ1) is 25.2. The fourth-order valence-corrected chi connectivity index (χ4v) is 5.44. The Kier molecular flexibility index (Phi) is 7.11. The summed E-state index contributed by atoms with van der Waals surface area (Å²) in [6.07, 6.45) is 8.49. The van der Waals surface area contributed by atoms with Crippen molar-refractivity contribution < 1.29 is 19.0 Å². The van der Waals surface area contributed by atoms with Crippen molar-refractivity contribution in [1.29, 1.82) is 0 Å². The van der Waals surface area contributed by atoms with Crippen molar-refractivity contribution in [3.63, 3.8) is 0 Å². The predicted octanol–water partition coefficient (Wildman–Crippen LogP) is 6.59. The maximum atomic E-state index is 13.7. The Morgan fingerprint density at radius 2 is 1.84 bits per heavy atom. The number of hydrogen-bond donors (Lipinski definition) is 1. The van der Waals surface area contributed by atoms with E-state index in [2.05, 4.69) is 17.1 Å². The molecule has 5 rings (SSSR count). The minimum absolute atomic E-state index is 0.156. The molecule has 2 aromatic heterocycles. The second-order valence-corrected chi connectivity index (χ2v) is 10.5. The van der Waals surface area contributed by atoms with Crippen LogP contribution < -0.4 is 4.74 Å². The molecule has 0 unspecified atom stereocenters. The second-order valence-electron chi connectivity index (χ2n) is 10.5. The predicted molar refractivity (Wildman–Crippen MR) is 142 cm³/mol. The number of rotatable bonds is 8. The minimum Gasteiger partial charge on any atom is -0.490 e. The summed E-state index contributed by atoms with van der Waals surface area (Å²) in [4.78, 5) is 17.6. The molecule has 6 heteroatoms. The molecule has 0 atom stereocenters. The molecule has 1 N–H and O–H groups in total. The summed E-state index contributed by atoms with van der Waals surface area (Å²) in [6, 6.07) is 17.3. The molecule has 0 radical (unpaired) electrons. The Labute approximate surface area is 216 Å². The van der Waals surface area contributed by atoms with Crippen LogP contribution in [0.15, 0.2) is 67.0 Å². The van der Waals surface area contributed by atoms with Gasteiger partial charge in [0.15, 0.2) is 0 Å². The van der Waals surface area contributed by atoms with Crippen LogP contribution >= 0.6 is 0 Å². The largest absolute Gasteiger partial charge is 0.490 e. The Balaban J connectivity index is 1.60. The maximum Gasteiger partial charge on any atom is 0.231 e. The summed E-state index contributed by atoms with van der Waals surface area (Å²) in [5, 5.41) is 12.2. The van der Waals surface area contributed by atoms with Crippen LogP contribution in [0.3, 0.4) is 0 Å². The molecule has 2 aromatic carbocycles. The number of hydrogen-bond acceptors (Lipinski definition) is 4. The van der Waals surface area contributed by atoms with Crippen LogP contribution in [0.5, 0.6) is 5.75 Å². The molecule has 5 nitrogen and oxygen atoms in total. The van der Waals surface area contributed by atoms with E-state index in [0.29, 0.717) is 24.1 Å². The Morgan fingerprint density at radius 1 is 1.08 bits per heavy atom. The van der Waals surface area contributed by atoms with E-state index in [9.17, 15) is 14.3 Å². The van der Waals surface area contributed by atoms with E-state index < -0.39 is 11.4 Å². The number of ether oxygens (including phenoxy) is 1. The molecule has 192 valence electrons. The van der Waals surface area contributed by atoms with Gasteiger partial charge in [-0.2, -0.15) is 0 Å². The number of aryl methyl sites for hydroxylation is 1. The number of fused-ring (bicyclic) bond motifs is 1. The number of aromatic nitrogens is 2. The van der Waals surface area contributed by atoms with Gasteiger partial charge >= 0.3 is 0 Å². The van der Waals surface area contributed by atoms with Crippen LogP contribution in [-0.4, -0.2) is 26.7 Å². The van der Waals surface area contributed by atoms with E-state index in [1.165, 1.54) is 18.9 Å². The molecule has 37 heavy (non-hydrogen) atoms. The van der Waals surface area contributed by atoms with Gasteiger partial charge in [0.25, 0.3) is 0 Å². The van der Waals surface area contributed by atoms with Crippen molar-refractivity contribution in [2.75, 3.05) is 0 Å². The second kappa shape index (κ2) is 10.5. The third kappa shape index (κ3) is 5.59. The number of carbonyl (C=O) groups is 1. The Hall–Kier alpha value is -3.51. The molecule has 1 saturated carbocycles. The van der Waals surface area contributed by atoms with Gasteiger partial charge in [0.1, 0.15) is 11.6 Å². The van der Waals surface area contributed by atoms with Crippen molar-refractivity contribution in [2.24, 2.45) is 0 Å². The van der Waals surface area contributed by atoms with E-state index in [4.69, 9.17) is 4.74 Å². The van der Waals surface area contributed by atoms with Gasteiger partial charge in [-0.3, -0.25) is 14.3 Å². The summed E-state index contributed by atoms with van der Waals surface area (Å²) in [5.74, 6) is 0.204. The molecule has 1 aliphatic rings. The number of benzene rings is 2. The minimum atomic E-state index is -1.27. The quantitative estimate of drug-likeness (QED) is 0.297. The topological polar surface area (TPSA) is 64.3 Å². The third-order valence-electron chi connectivity index (χ3n) is 7.09. The molecule has 1 aliphatic carbocycles. The first-order valence-electron chi connectivity index (χ1n) is 13.0. The average molecular weight is 501 g/mol. The standard InChI is InChI=1S/C31H33FN2O3/c1-31(2,36)30-27(17-21-8-4-3-5-9-21)26-18-25(37-24-10-6-7-11-24)13-14-28(26)34(30)29(35)15-12-22-16-23(32)20-33-19-22/h3-5,8-9,13-14,16,18-20,24,36H,6-7,10-12,15,17H2,1-2H3. The average Bonchev–Trinajstić information content (AvgIpc) is 3.49. The van der Waals surface area contributed by atoms with Gasteiger partial charge in [-0.1, -0.05) is 30.3 Å². The van der Waals surface area contributed by atoms with Crippen molar-refractivity contribution in [2.45, 2.75) is 70.5 Å². The van der Waals surface area contributed by atoms with Crippen LogP contribution in [0.25, 0.3) is 10.9 Å². The van der Waals surface area contributed by atoms with Gasteiger partial charge in [0.2, 0.25) is 5.91 Å². The molecule has 0 spiro atoms. The highest BCUT2D eigenvalue weighted by Crippen LogP contribution is 2.38. The van der Waals surface area contributed by atoms with Crippen molar-refractivity contribution in [3.8, 4) is 5.75 Å². The lowest BCUT2D eigenvalue weighted by molar-refractivity contribution is 0.0641. The molecular weight excluding hydrogens is 467 g/mol. The molecule has 4 aromatic rings. The molecule has 0 bridgehead atoms. The summed E-state index contributed by atoms with van der Waals surface area (Å²) in [7, 11) is 0. The highest BCUT2D eigenvalue weighted by molar-refractivity contribution is 5.97. The fraction of sp³-hybridized carbons (Fsp3) is 0.355. The van der Waals surface area contributed by atoms with E-state index in [1.54, 1.807) is 24.6 Å². The van der Waals surface area contributed by atoms with Crippen LogP contribution in [0.1, 0.15) is 73.1 Å². The van der Waals surface area contributed by atoms with Gasteiger partial charge in [-0.15, -0.1) is 0 Å². The van der Waals surface area contributed by atoms with Gasteiger partial charge in [-0.25, -0.2) is 4.39 Å². The van der Waals surface area contributed by atoms with E-state index >= 15 is 0 Å². The lowest BCUT2D eigenvalue weighted by atomic mass is 9.94. The number of nitrogens with zero attached hydrogens (tertiary/aromatic N) is 2. The van der Waals surface area contributed by atoms with Crippen molar-refractivity contribution in [1.82, 2.24) is 9.55 Å². The van der Waals surface area contributed by atoms with Crippen molar-refractivity contribution >= 4 is 16.8 Å². The summed E-state index contributed by atoms with van der Waals surface area (Å²) in [6.45, 7) is 3.43. The third-order valence-corrected chi connectivity index (χ3v) is 7.09. The maximum absolute atomic E-state index is 13.7. The number of aliphatic hydroxyl groups is 1. The molecule has 0 saturated heterocycles. The molecule has 2 heterocycles. The first-order valence-corrected chi connectivity index (χ1v) is 13.0. The highest BCUT2D eigenvalue weighted by Gasteiger charge is 2.31. The lowest BCUT2D eigenvalue weighted by Crippen LogP contribution is -2.26. The van der Waals surface area contributed by atoms with Gasteiger partial charge in [0, 0.05) is 18.0 Å². The van der Waals surface area contributed by atoms with Gasteiger partial charge < -0.3 is 9.84 Å². The van der Waals surface area contributed by atoms with E-state index in [1.807, 2.05) is 36.4 Å². The first-order chi connectivity index (χ1) is 17.8. The van der Waals surface area contributed by atoms with Crippen LogP contribution in [0, 0.1) is 5.82 Å². The highest BCUT2D eigenvalue weighted by atomic mass is 19.1.